The maximum absolute atomic E-state index is 12.2. The van der Waals surface area contributed by atoms with Crippen LogP contribution in [0.5, 0.6) is 0 Å². The molecule has 1 fully saturated rings. The molecule has 0 aromatic heterocycles. The van der Waals surface area contributed by atoms with Crippen LogP contribution in [0.1, 0.15) is 28.4 Å². The SMILES string of the molecule is O=C(CC[NH+]1CCOC(c2ccccc2)C1)c1ccccc1.[Cl-]. The highest BCUT2D eigenvalue weighted by molar-refractivity contribution is 5.95. The first kappa shape index (κ1) is 17.7. The zero-order valence-electron chi connectivity index (χ0n) is 13.1. The predicted octanol–water partition coefficient (Wildman–Crippen LogP) is -1.08. The maximum Gasteiger partial charge on any atom is 0.168 e. The molecule has 3 rings (SSSR count). The molecule has 2 aromatic rings. The standard InChI is InChI=1S/C19H21NO2.ClH/c21-18(16-7-3-1-4-8-16)11-12-20-13-14-22-19(15-20)17-9-5-2-6-10-17;/h1-10,19H,11-15H2;1H. The van der Waals surface area contributed by atoms with E-state index in [1.54, 1.807) is 0 Å². The largest absolute Gasteiger partial charge is 1.00 e. The van der Waals surface area contributed by atoms with Gasteiger partial charge in [0.15, 0.2) is 5.78 Å². The minimum atomic E-state index is 0. The number of carbonyl (C=O) groups is 1. The number of carbonyl (C=O) groups excluding carboxylic acids is 1. The lowest BCUT2D eigenvalue weighted by Crippen LogP contribution is -3.14. The fourth-order valence-electron chi connectivity index (χ4n) is 2.94. The van der Waals surface area contributed by atoms with Crippen molar-refractivity contribution >= 4 is 5.78 Å². The molecule has 2 atom stereocenters. The molecule has 0 aliphatic carbocycles. The number of rotatable bonds is 5. The number of ether oxygens (including phenoxy) is 1. The van der Waals surface area contributed by atoms with Crippen molar-refractivity contribution in [1.29, 1.82) is 0 Å². The molecule has 0 spiro atoms. The molecule has 1 aliphatic rings. The first-order valence-corrected chi connectivity index (χ1v) is 7.91. The number of Topliss-reactive ketones (excluding diaryl/α,β-unsaturated/α-hetero) is 1. The van der Waals surface area contributed by atoms with E-state index in [0.717, 1.165) is 31.8 Å². The average molecular weight is 332 g/mol. The summed E-state index contributed by atoms with van der Waals surface area (Å²) in [5.74, 6) is 0.232. The molecule has 3 nitrogen and oxygen atoms in total. The van der Waals surface area contributed by atoms with Crippen LogP contribution in [0.2, 0.25) is 0 Å². The maximum atomic E-state index is 12.2. The van der Waals surface area contributed by atoms with Crippen molar-refractivity contribution in [2.24, 2.45) is 0 Å². The molecule has 1 N–H and O–H groups in total. The minimum Gasteiger partial charge on any atom is -1.00 e. The molecule has 122 valence electrons. The fraction of sp³-hybridized carbons (Fsp3) is 0.316. The second-order valence-electron chi connectivity index (χ2n) is 5.76. The van der Waals surface area contributed by atoms with Crippen LogP contribution < -0.4 is 17.3 Å². The summed E-state index contributed by atoms with van der Waals surface area (Å²) in [6.45, 7) is 3.55. The molecule has 1 heterocycles. The van der Waals surface area contributed by atoms with E-state index in [2.05, 4.69) is 12.1 Å². The summed E-state index contributed by atoms with van der Waals surface area (Å²) in [5, 5.41) is 0. The fourth-order valence-corrected chi connectivity index (χ4v) is 2.94. The van der Waals surface area contributed by atoms with Gasteiger partial charge in [0, 0.05) is 5.56 Å². The highest BCUT2D eigenvalue weighted by atomic mass is 35.5. The van der Waals surface area contributed by atoms with Crippen molar-refractivity contribution in [3.8, 4) is 0 Å². The zero-order valence-corrected chi connectivity index (χ0v) is 13.8. The number of hydrogen-bond donors (Lipinski definition) is 1. The molecule has 0 bridgehead atoms. The molecule has 0 amide bonds. The van der Waals surface area contributed by atoms with Gasteiger partial charge in [0.1, 0.15) is 19.2 Å². The lowest BCUT2D eigenvalue weighted by Gasteiger charge is -2.30. The summed E-state index contributed by atoms with van der Waals surface area (Å²) < 4.78 is 5.88. The Morgan fingerprint density at radius 1 is 1.04 bits per heavy atom. The van der Waals surface area contributed by atoms with E-state index in [1.807, 2.05) is 48.5 Å². The number of ketones is 1. The minimum absolute atomic E-state index is 0. The third kappa shape index (κ3) is 4.90. The highest BCUT2D eigenvalue weighted by Gasteiger charge is 2.25. The summed E-state index contributed by atoms with van der Waals surface area (Å²) in [4.78, 5) is 13.6. The van der Waals surface area contributed by atoms with Crippen molar-refractivity contribution in [3.05, 3.63) is 71.8 Å². The first-order valence-electron chi connectivity index (χ1n) is 7.91. The number of morpholine rings is 1. The molecule has 23 heavy (non-hydrogen) atoms. The Morgan fingerprint density at radius 3 is 2.39 bits per heavy atom. The van der Waals surface area contributed by atoms with Gasteiger partial charge in [0.25, 0.3) is 0 Å². The lowest BCUT2D eigenvalue weighted by atomic mass is 10.1. The van der Waals surface area contributed by atoms with Crippen LogP contribution in [0.3, 0.4) is 0 Å². The van der Waals surface area contributed by atoms with Gasteiger partial charge in [0.05, 0.1) is 19.6 Å². The van der Waals surface area contributed by atoms with Crippen molar-refractivity contribution < 1.29 is 26.8 Å². The van der Waals surface area contributed by atoms with E-state index in [-0.39, 0.29) is 24.3 Å². The molecule has 1 saturated heterocycles. The quantitative estimate of drug-likeness (QED) is 0.707. The number of nitrogens with one attached hydrogen (secondary N) is 1. The normalized spacial score (nSPS) is 20.5. The van der Waals surface area contributed by atoms with Gasteiger partial charge >= 0.3 is 0 Å². The molecular formula is C19H22ClNO2. The number of benzene rings is 2. The van der Waals surface area contributed by atoms with Crippen LogP contribution in [0.4, 0.5) is 0 Å². The van der Waals surface area contributed by atoms with E-state index in [0.29, 0.717) is 6.42 Å². The first-order chi connectivity index (χ1) is 10.8. The average Bonchev–Trinajstić information content (AvgIpc) is 2.61. The Kier molecular flexibility index (Phi) is 6.78. The van der Waals surface area contributed by atoms with E-state index >= 15 is 0 Å². The van der Waals surface area contributed by atoms with Crippen molar-refractivity contribution in [3.63, 3.8) is 0 Å². The Morgan fingerprint density at radius 2 is 1.70 bits per heavy atom. The Hall–Kier alpha value is -1.68. The molecule has 0 radical (unpaired) electrons. The van der Waals surface area contributed by atoms with E-state index in [9.17, 15) is 4.79 Å². The lowest BCUT2D eigenvalue weighted by molar-refractivity contribution is -0.912. The Labute approximate surface area is 143 Å². The molecule has 1 aliphatic heterocycles. The van der Waals surface area contributed by atoms with Crippen molar-refractivity contribution in [2.45, 2.75) is 12.5 Å². The van der Waals surface area contributed by atoms with Crippen LogP contribution in [-0.2, 0) is 4.74 Å². The van der Waals surface area contributed by atoms with Crippen LogP contribution in [-0.4, -0.2) is 32.0 Å². The number of quaternary nitrogens is 1. The molecular weight excluding hydrogens is 310 g/mol. The van der Waals surface area contributed by atoms with Gasteiger partial charge in [-0.05, 0) is 5.56 Å². The summed E-state index contributed by atoms with van der Waals surface area (Å²) >= 11 is 0. The number of halogens is 1. The summed E-state index contributed by atoms with van der Waals surface area (Å²) in [6, 6.07) is 19.9. The summed E-state index contributed by atoms with van der Waals surface area (Å²) in [5.41, 5.74) is 2.05. The van der Waals surface area contributed by atoms with Crippen LogP contribution in [0.15, 0.2) is 60.7 Å². The van der Waals surface area contributed by atoms with Crippen LogP contribution in [0, 0.1) is 0 Å². The third-order valence-corrected chi connectivity index (χ3v) is 4.22. The number of hydrogen-bond acceptors (Lipinski definition) is 2. The third-order valence-electron chi connectivity index (χ3n) is 4.22. The van der Waals surface area contributed by atoms with Gasteiger partial charge in [-0.2, -0.15) is 0 Å². The highest BCUT2D eigenvalue weighted by Crippen LogP contribution is 2.16. The second-order valence-corrected chi connectivity index (χ2v) is 5.76. The van der Waals surface area contributed by atoms with Crippen LogP contribution >= 0.6 is 0 Å². The van der Waals surface area contributed by atoms with Gasteiger partial charge in [0.2, 0.25) is 0 Å². The topological polar surface area (TPSA) is 30.7 Å². The summed E-state index contributed by atoms with van der Waals surface area (Å²) in [6.07, 6.45) is 0.748. The van der Waals surface area contributed by atoms with Gasteiger partial charge in [-0.1, -0.05) is 60.7 Å². The second kappa shape index (κ2) is 8.82. The monoisotopic (exact) mass is 331 g/mol. The Balaban J connectivity index is 0.00000192. The van der Waals surface area contributed by atoms with Crippen molar-refractivity contribution in [2.75, 3.05) is 26.2 Å². The molecule has 2 unspecified atom stereocenters. The molecule has 2 aromatic carbocycles. The predicted molar refractivity (Wildman–Crippen MR) is 86.1 cm³/mol. The van der Waals surface area contributed by atoms with Gasteiger partial charge in [-0.25, -0.2) is 0 Å². The molecule has 4 heteroatoms. The molecule has 0 saturated carbocycles. The van der Waals surface area contributed by atoms with E-state index in [1.165, 1.54) is 10.5 Å². The van der Waals surface area contributed by atoms with E-state index < -0.39 is 0 Å². The van der Waals surface area contributed by atoms with Gasteiger partial charge in [-0.15, -0.1) is 0 Å². The Bertz CT molecular complexity index is 603. The van der Waals surface area contributed by atoms with Crippen molar-refractivity contribution in [1.82, 2.24) is 0 Å². The van der Waals surface area contributed by atoms with E-state index in [4.69, 9.17) is 4.74 Å². The zero-order chi connectivity index (χ0) is 15.2. The van der Waals surface area contributed by atoms with Crippen LogP contribution in [0.25, 0.3) is 0 Å². The summed E-state index contributed by atoms with van der Waals surface area (Å²) in [7, 11) is 0. The smallest absolute Gasteiger partial charge is 0.168 e. The van der Waals surface area contributed by atoms with Gasteiger partial charge < -0.3 is 22.0 Å². The van der Waals surface area contributed by atoms with Gasteiger partial charge in [-0.3, -0.25) is 4.79 Å².